The number of hydrogen-bond donors (Lipinski definition) is 0. The summed E-state index contributed by atoms with van der Waals surface area (Å²) in [6.45, 7) is 0. The third-order valence-corrected chi connectivity index (χ3v) is 6.36. The van der Waals surface area contributed by atoms with E-state index in [2.05, 4.69) is 42.5 Å². The minimum Gasteiger partial charge on any atom is -0.466 e. The van der Waals surface area contributed by atoms with Gasteiger partial charge >= 0.3 is 5.97 Å². The maximum absolute atomic E-state index is 12.5. The fourth-order valence-electron chi connectivity index (χ4n) is 5.53. The van der Waals surface area contributed by atoms with E-state index in [1.54, 1.807) is 0 Å². The van der Waals surface area contributed by atoms with Gasteiger partial charge in [0.05, 0.1) is 7.11 Å². The van der Waals surface area contributed by atoms with Crippen LogP contribution in [0.4, 0.5) is 0 Å². The molecular weight excluding hydrogens is 284 g/mol. The lowest BCUT2D eigenvalue weighted by Crippen LogP contribution is -2.38. The molecule has 0 N–H and O–H groups in total. The van der Waals surface area contributed by atoms with Crippen LogP contribution in [0.3, 0.4) is 0 Å². The number of ether oxygens (including phenoxy) is 1. The van der Waals surface area contributed by atoms with Gasteiger partial charge in [0, 0.05) is 11.5 Å². The third kappa shape index (κ3) is 1.67. The molecule has 0 spiro atoms. The van der Waals surface area contributed by atoms with Gasteiger partial charge in [-0.25, -0.2) is 4.79 Å². The van der Waals surface area contributed by atoms with Crippen LogP contribution in [0.15, 0.2) is 48.0 Å². The van der Waals surface area contributed by atoms with Gasteiger partial charge < -0.3 is 4.74 Å². The summed E-state index contributed by atoms with van der Waals surface area (Å²) in [6.07, 6.45) is 3.91. The van der Waals surface area contributed by atoms with Crippen LogP contribution in [-0.4, -0.2) is 13.1 Å². The minimum atomic E-state index is -0.110. The van der Waals surface area contributed by atoms with Crippen LogP contribution < -0.4 is 0 Å². The second-order valence-electron chi connectivity index (χ2n) is 7.23. The fraction of sp³-hybridized carbons (Fsp3) is 0.381. The van der Waals surface area contributed by atoms with Crippen molar-refractivity contribution in [3.05, 3.63) is 53.6 Å². The number of benzene rings is 2. The lowest BCUT2D eigenvalue weighted by molar-refractivity contribution is -0.137. The maximum Gasteiger partial charge on any atom is 0.334 e. The molecule has 3 aliphatic carbocycles. The molecule has 116 valence electrons. The number of carbonyl (C=O) groups is 1. The quantitative estimate of drug-likeness (QED) is 0.767. The SMILES string of the molecule is COC(=O)C1=C(c2cccc3ccccc23)[C@H]2[C@@H]3CC[C@@H](C3)[C@@H]12. The zero-order valence-corrected chi connectivity index (χ0v) is 13.3. The molecular formula is C21H20O2. The van der Waals surface area contributed by atoms with Crippen LogP contribution in [0, 0.1) is 23.7 Å². The standard InChI is InChI=1S/C21H20O2/c1-23-21(22)20-18-14-10-9-13(11-14)17(18)19(20)16-8-4-6-12-5-2-3-7-15(12)16/h2-8,13-14,17-18H,9-11H2,1H3/t13-,14+,17+,18-/m1/s1. The summed E-state index contributed by atoms with van der Waals surface area (Å²) in [7, 11) is 1.51. The van der Waals surface area contributed by atoms with Gasteiger partial charge in [0.2, 0.25) is 0 Å². The smallest absolute Gasteiger partial charge is 0.334 e. The van der Waals surface area contributed by atoms with E-state index in [9.17, 15) is 4.79 Å². The highest BCUT2D eigenvalue weighted by molar-refractivity contribution is 6.07. The van der Waals surface area contributed by atoms with Crippen molar-refractivity contribution in [1.29, 1.82) is 0 Å². The molecule has 2 saturated carbocycles. The van der Waals surface area contributed by atoms with E-state index in [4.69, 9.17) is 4.74 Å². The predicted molar refractivity (Wildman–Crippen MR) is 90.7 cm³/mol. The second kappa shape index (κ2) is 4.70. The van der Waals surface area contributed by atoms with Crippen molar-refractivity contribution in [2.45, 2.75) is 19.3 Å². The van der Waals surface area contributed by atoms with Crippen molar-refractivity contribution in [1.82, 2.24) is 0 Å². The van der Waals surface area contributed by atoms with Crippen molar-refractivity contribution in [2.24, 2.45) is 23.7 Å². The van der Waals surface area contributed by atoms with Crippen LogP contribution in [0.1, 0.15) is 24.8 Å². The number of fused-ring (bicyclic) bond motifs is 6. The molecule has 23 heavy (non-hydrogen) atoms. The zero-order valence-electron chi connectivity index (χ0n) is 13.3. The topological polar surface area (TPSA) is 26.3 Å². The Labute approximate surface area is 136 Å². The minimum absolute atomic E-state index is 0.110. The van der Waals surface area contributed by atoms with Gasteiger partial charge in [-0.15, -0.1) is 0 Å². The van der Waals surface area contributed by atoms with Gasteiger partial charge in [0.1, 0.15) is 0 Å². The van der Waals surface area contributed by atoms with E-state index in [1.165, 1.54) is 48.3 Å². The average molecular weight is 304 g/mol. The molecule has 0 radical (unpaired) electrons. The Morgan fingerprint density at radius 1 is 1.00 bits per heavy atom. The summed E-state index contributed by atoms with van der Waals surface area (Å²) in [6, 6.07) is 14.9. The summed E-state index contributed by atoms with van der Waals surface area (Å²) >= 11 is 0. The highest BCUT2D eigenvalue weighted by Crippen LogP contribution is 2.66. The molecule has 0 heterocycles. The molecule has 2 aromatic rings. The number of hydrogen-bond acceptors (Lipinski definition) is 2. The number of methoxy groups -OCH3 is 1. The summed E-state index contributed by atoms with van der Waals surface area (Å²) in [5.74, 6) is 2.40. The second-order valence-corrected chi connectivity index (χ2v) is 7.23. The highest BCUT2D eigenvalue weighted by Gasteiger charge is 2.59. The van der Waals surface area contributed by atoms with E-state index < -0.39 is 0 Å². The van der Waals surface area contributed by atoms with Gasteiger partial charge in [0.15, 0.2) is 0 Å². The summed E-state index contributed by atoms with van der Waals surface area (Å²) in [4.78, 5) is 12.5. The number of carbonyl (C=O) groups excluding carboxylic acids is 1. The van der Waals surface area contributed by atoms with Crippen LogP contribution in [0.25, 0.3) is 16.3 Å². The molecule has 2 heteroatoms. The molecule has 2 fully saturated rings. The average Bonchev–Trinajstić information content (AvgIpc) is 3.13. The fourth-order valence-corrected chi connectivity index (χ4v) is 5.53. The molecule has 2 nitrogen and oxygen atoms in total. The first-order valence-corrected chi connectivity index (χ1v) is 8.60. The molecule has 2 bridgehead atoms. The van der Waals surface area contributed by atoms with Crippen molar-refractivity contribution in [3.8, 4) is 0 Å². The Bertz CT molecular complexity index is 843. The normalized spacial score (nSPS) is 31.2. The summed E-state index contributed by atoms with van der Waals surface area (Å²) in [5.41, 5.74) is 3.50. The largest absolute Gasteiger partial charge is 0.466 e. The molecule has 0 amide bonds. The van der Waals surface area contributed by atoms with Crippen LogP contribution in [0.2, 0.25) is 0 Å². The molecule has 4 atom stereocenters. The first kappa shape index (κ1) is 13.4. The Kier molecular flexibility index (Phi) is 2.73. The van der Waals surface area contributed by atoms with Crippen LogP contribution in [0.5, 0.6) is 0 Å². The van der Waals surface area contributed by atoms with E-state index >= 15 is 0 Å². The molecule has 2 aromatic carbocycles. The number of allylic oxidation sites excluding steroid dienone is 1. The van der Waals surface area contributed by atoms with Crippen LogP contribution >= 0.6 is 0 Å². The van der Waals surface area contributed by atoms with Gasteiger partial charge in [-0.05, 0) is 58.9 Å². The molecule has 0 saturated heterocycles. The van der Waals surface area contributed by atoms with Crippen LogP contribution in [-0.2, 0) is 9.53 Å². The third-order valence-electron chi connectivity index (χ3n) is 6.36. The Balaban J connectivity index is 1.74. The van der Waals surface area contributed by atoms with Crippen molar-refractivity contribution >= 4 is 22.3 Å². The van der Waals surface area contributed by atoms with Crippen molar-refractivity contribution < 1.29 is 9.53 Å². The lowest BCUT2D eigenvalue weighted by Gasteiger charge is -2.44. The Morgan fingerprint density at radius 3 is 2.57 bits per heavy atom. The van der Waals surface area contributed by atoms with E-state index in [0.29, 0.717) is 17.8 Å². The van der Waals surface area contributed by atoms with E-state index in [1.807, 2.05) is 0 Å². The van der Waals surface area contributed by atoms with Gasteiger partial charge in [-0.3, -0.25) is 0 Å². The molecule has 0 unspecified atom stereocenters. The Hall–Kier alpha value is -2.09. The van der Waals surface area contributed by atoms with Crippen molar-refractivity contribution in [3.63, 3.8) is 0 Å². The van der Waals surface area contributed by atoms with E-state index in [-0.39, 0.29) is 5.97 Å². The van der Waals surface area contributed by atoms with Gasteiger partial charge in [0.25, 0.3) is 0 Å². The van der Waals surface area contributed by atoms with E-state index in [0.717, 1.165) is 11.5 Å². The monoisotopic (exact) mass is 304 g/mol. The first-order chi connectivity index (χ1) is 11.3. The summed E-state index contributed by atoms with van der Waals surface area (Å²) < 4.78 is 5.14. The molecule has 5 rings (SSSR count). The molecule has 3 aliphatic rings. The predicted octanol–water partition coefficient (Wildman–Crippen LogP) is 4.44. The first-order valence-electron chi connectivity index (χ1n) is 8.60. The molecule has 0 aromatic heterocycles. The number of rotatable bonds is 2. The summed E-state index contributed by atoms with van der Waals surface area (Å²) in [5, 5.41) is 2.50. The molecule has 0 aliphatic heterocycles. The zero-order chi connectivity index (χ0) is 15.6. The Morgan fingerprint density at radius 2 is 1.74 bits per heavy atom. The maximum atomic E-state index is 12.5. The lowest BCUT2D eigenvalue weighted by atomic mass is 9.59. The van der Waals surface area contributed by atoms with Crippen molar-refractivity contribution in [2.75, 3.05) is 7.11 Å². The van der Waals surface area contributed by atoms with Gasteiger partial charge in [-0.2, -0.15) is 0 Å². The van der Waals surface area contributed by atoms with Gasteiger partial charge in [-0.1, -0.05) is 42.5 Å². The number of esters is 1. The highest BCUT2D eigenvalue weighted by atomic mass is 16.5.